The van der Waals surface area contributed by atoms with Gasteiger partial charge >= 0.3 is 6.18 Å². The Hall–Kier alpha value is -2.98. The zero-order chi connectivity index (χ0) is 20.9. The quantitative estimate of drug-likeness (QED) is 0.452. The first-order chi connectivity index (χ1) is 13.9. The molecule has 29 heavy (non-hydrogen) atoms. The standard InChI is InChI=1S/C19H18F3N5OS/c1-23-29-14-7-8-16(28-2)15(9-14)27-18-10-17(24-11-25-18)26-13-5-3-12(4-6-13)19(20,21)22/h3-11,23H,1-2H3,(H2,24,25,26,27). The third-order valence-electron chi connectivity index (χ3n) is 3.81. The van der Waals surface area contributed by atoms with Crippen LogP contribution in [-0.4, -0.2) is 24.1 Å². The predicted octanol–water partition coefficient (Wildman–Crippen LogP) is 5.22. The van der Waals surface area contributed by atoms with Crippen molar-refractivity contribution in [1.29, 1.82) is 0 Å². The topological polar surface area (TPSA) is 71.1 Å². The van der Waals surface area contributed by atoms with Crippen molar-refractivity contribution in [1.82, 2.24) is 14.7 Å². The van der Waals surface area contributed by atoms with E-state index in [1.54, 1.807) is 13.2 Å². The van der Waals surface area contributed by atoms with E-state index in [0.717, 1.165) is 17.0 Å². The lowest BCUT2D eigenvalue weighted by atomic mass is 10.2. The van der Waals surface area contributed by atoms with E-state index >= 15 is 0 Å². The van der Waals surface area contributed by atoms with Crippen molar-refractivity contribution in [3.63, 3.8) is 0 Å². The van der Waals surface area contributed by atoms with Crippen LogP contribution in [-0.2, 0) is 6.18 Å². The van der Waals surface area contributed by atoms with Crippen LogP contribution in [0.4, 0.5) is 36.2 Å². The van der Waals surface area contributed by atoms with Gasteiger partial charge in [0.2, 0.25) is 0 Å². The smallest absolute Gasteiger partial charge is 0.416 e. The van der Waals surface area contributed by atoms with Crippen LogP contribution in [0.25, 0.3) is 0 Å². The van der Waals surface area contributed by atoms with Crippen LogP contribution >= 0.6 is 11.9 Å². The second kappa shape index (κ2) is 9.01. The summed E-state index contributed by atoms with van der Waals surface area (Å²) < 4.78 is 46.4. The minimum Gasteiger partial charge on any atom is -0.495 e. The van der Waals surface area contributed by atoms with Gasteiger partial charge < -0.3 is 15.4 Å². The van der Waals surface area contributed by atoms with Crippen LogP contribution in [0.2, 0.25) is 0 Å². The van der Waals surface area contributed by atoms with E-state index in [4.69, 9.17) is 4.74 Å². The largest absolute Gasteiger partial charge is 0.495 e. The van der Waals surface area contributed by atoms with E-state index < -0.39 is 11.7 Å². The zero-order valence-electron chi connectivity index (χ0n) is 15.5. The summed E-state index contributed by atoms with van der Waals surface area (Å²) in [6.45, 7) is 0. The second-order valence-electron chi connectivity index (χ2n) is 5.78. The van der Waals surface area contributed by atoms with Gasteiger partial charge in [-0.2, -0.15) is 13.2 Å². The molecule has 1 heterocycles. The summed E-state index contributed by atoms with van der Waals surface area (Å²) in [4.78, 5) is 9.27. The van der Waals surface area contributed by atoms with E-state index in [2.05, 4.69) is 25.3 Å². The van der Waals surface area contributed by atoms with Crippen LogP contribution in [0, 0.1) is 0 Å². The molecule has 0 aliphatic rings. The Balaban J connectivity index is 1.77. The zero-order valence-corrected chi connectivity index (χ0v) is 16.4. The van der Waals surface area contributed by atoms with E-state index in [9.17, 15) is 13.2 Å². The summed E-state index contributed by atoms with van der Waals surface area (Å²) in [5.74, 6) is 1.57. The minimum absolute atomic E-state index is 0.432. The van der Waals surface area contributed by atoms with Crippen molar-refractivity contribution in [2.45, 2.75) is 11.1 Å². The lowest BCUT2D eigenvalue weighted by molar-refractivity contribution is -0.137. The van der Waals surface area contributed by atoms with Gasteiger partial charge in [-0.1, -0.05) is 0 Å². The number of benzene rings is 2. The van der Waals surface area contributed by atoms with Crippen molar-refractivity contribution in [2.75, 3.05) is 24.8 Å². The fourth-order valence-corrected chi connectivity index (χ4v) is 3.04. The molecule has 0 radical (unpaired) electrons. The monoisotopic (exact) mass is 421 g/mol. The molecule has 1 aromatic heterocycles. The number of nitrogens with zero attached hydrogens (tertiary/aromatic N) is 2. The van der Waals surface area contributed by atoms with E-state index in [-0.39, 0.29) is 0 Å². The molecule has 10 heteroatoms. The molecule has 3 N–H and O–H groups in total. The third kappa shape index (κ3) is 5.52. The minimum atomic E-state index is -4.37. The molecule has 0 fully saturated rings. The summed E-state index contributed by atoms with van der Waals surface area (Å²) in [5, 5.41) is 6.14. The number of rotatable bonds is 7. The third-order valence-corrected chi connectivity index (χ3v) is 4.50. The highest BCUT2D eigenvalue weighted by atomic mass is 32.2. The number of ether oxygens (including phenoxy) is 1. The molecule has 0 aliphatic carbocycles. The van der Waals surface area contributed by atoms with Gasteiger partial charge in [-0.3, -0.25) is 4.72 Å². The molecule has 0 saturated heterocycles. The first-order valence-electron chi connectivity index (χ1n) is 8.44. The van der Waals surface area contributed by atoms with Crippen LogP contribution in [0.1, 0.15) is 5.56 Å². The fraction of sp³-hybridized carbons (Fsp3) is 0.158. The van der Waals surface area contributed by atoms with Gasteiger partial charge in [0, 0.05) is 16.6 Å². The Labute approximate surface area is 170 Å². The Morgan fingerprint density at radius 2 is 1.62 bits per heavy atom. The molecule has 3 rings (SSSR count). The van der Waals surface area contributed by atoms with Crippen LogP contribution in [0.5, 0.6) is 5.75 Å². The summed E-state index contributed by atoms with van der Waals surface area (Å²) in [6.07, 6.45) is -3.02. The number of aromatic nitrogens is 2. The van der Waals surface area contributed by atoms with E-state index in [1.165, 1.54) is 30.4 Å². The average molecular weight is 421 g/mol. The van der Waals surface area contributed by atoms with E-state index in [1.807, 2.05) is 25.2 Å². The average Bonchev–Trinajstić information content (AvgIpc) is 2.68. The van der Waals surface area contributed by atoms with Gasteiger partial charge in [0.1, 0.15) is 23.7 Å². The molecule has 3 aromatic rings. The number of hydrogen-bond acceptors (Lipinski definition) is 7. The fourth-order valence-electron chi connectivity index (χ4n) is 2.49. The molecule has 0 unspecified atom stereocenters. The normalized spacial score (nSPS) is 11.2. The molecule has 6 nitrogen and oxygen atoms in total. The summed E-state index contributed by atoms with van der Waals surface area (Å²) in [5.41, 5.74) is 0.485. The molecule has 0 atom stereocenters. The van der Waals surface area contributed by atoms with Gasteiger partial charge in [-0.15, -0.1) is 0 Å². The predicted molar refractivity (Wildman–Crippen MR) is 108 cm³/mol. The highest BCUT2D eigenvalue weighted by Gasteiger charge is 2.29. The maximum absolute atomic E-state index is 12.7. The van der Waals surface area contributed by atoms with Crippen molar-refractivity contribution >= 4 is 35.0 Å². The van der Waals surface area contributed by atoms with Gasteiger partial charge in [0.15, 0.2) is 0 Å². The molecular formula is C19H18F3N5OS. The summed E-state index contributed by atoms with van der Waals surface area (Å²) in [6, 6.07) is 12.0. The Morgan fingerprint density at radius 1 is 0.931 bits per heavy atom. The molecule has 2 aromatic carbocycles. The second-order valence-corrected chi connectivity index (χ2v) is 6.87. The highest BCUT2D eigenvalue weighted by molar-refractivity contribution is 7.97. The van der Waals surface area contributed by atoms with Crippen LogP contribution in [0.3, 0.4) is 0 Å². The van der Waals surface area contributed by atoms with E-state index in [0.29, 0.717) is 28.8 Å². The lowest BCUT2D eigenvalue weighted by Gasteiger charge is -2.13. The van der Waals surface area contributed by atoms with Crippen molar-refractivity contribution in [2.24, 2.45) is 0 Å². The lowest BCUT2D eigenvalue weighted by Crippen LogP contribution is -2.04. The summed E-state index contributed by atoms with van der Waals surface area (Å²) in [7, 11) is 3.40. The van der Waals surface area contributed by atoms with Gasteiger partial charge in [-0.05, 0) is 61.5 Å². The maximum Gasteiger partial charge on any atom is 0.416 e. The van der Waals surface area contributed by atoms with Gasteiger partial charge in [-0.25, -0.2) is 9.97 Å². The SMILES string of the molecule is CNSc1ccc(OC)c(Nc2cc(Nc3ccc(C(F)(F)F)cc3)ncn2)c1. The number of methoxy groups -OCH3 is 1. The highest BCUT2D eigenvalue weighted by Crippen LogP contribution is 2.32. The van der Waals surface area contributed by atoms with Gasteiger partial charge in [0.05, 0.1) is 18.4 Å². The molecular weight excluding hydrogens is 403 g/mol. The number of nitrogens with one attached hydrogen (secondary N) is 3. The molecule has 0 aliphatic heterocycles. The first-order valence-corrected chi connectivity index (χ1v) is 9.25. The number of halogens is 3. The summed E-state index contributed by atoms with van der Waals surface area (Å²) >= 11 is 1.46. The van der Waals surface area contributed by atoms with Crippen LogP contribution in [0.15, 0.2) is 59.8 Å². The molecule has 0 saturated carbocycles. The number of anilines is 4. The number of alkyl halides is 3. The van der Waals surface area contributed by atoms with Gasteiger partial charge in [0.25, 0.3) is 0 Å². The maximum atomic E-state index is 12.7. The molecule has 0 spiro atoms. The number of hydrogen-bond donors (Lipinski definition) is 3. The molecule has 0 bridgehead atoms. The Morgan fingerprint density at radius 3 is 2.24 bits per heavy atom. The van der Waals surface area contributed by atoms with Crippen molar-refractivity contribution < 1.29 is 17.9 Å². The Kier molecular flexibility index (Phi) is 6.45. The molecule has 152 valence electrons. The molecule has 0 amide bonds. The van der Waals surface area contributed by atoms with Crippen LogP contribution < -0.4 is 20.1 Å². The first kappa shape index (κ1) is 20.7. The Bertz CT molecular complexity index is 967. The van der Waals surface area contributed by atoms with Crippen molar-refractivity contribution in [3.8, 4) is 5.75 Å². The van der Waals surface area contributed by atoms with Crippen molar-refractivity contribution in [3.05, 3.63) is 60.4 Å².